The molecule has 1 rings (SSSR count). The molecular weight excluding hydrogens is 162 g/mol. The van der Waals surface area contributed by atoms with Crippen molar-refractivity contribution in [1.29, 1.82) is 0 Å². The minimum absolute atomic E-state index is 0.441. The lowest BCUT2D eigenvalue weighted by atomic mass is 9.94. The zero-order valence-electron chi connectivity index (χ0n) is 8.75. The molecule has 3 atom stereocenters. The maximum Gasteiger partial charge on any atom is 0.0551 e. The summed E-state index contributed by atoms with van der Waals surface area (Å²) in [4.78, 5) is 0. The maximum absolute atomic E-state index is 5.56. The molecule has 1 N–H and O–H groups in total. The first-order valence-corrected chi connectivity index (χ1v) is 5.23. The molecule has 1 heterocycles. The van der Waals surface area contributed by atoms with Gasteiger partial charge in [-0.2, -0.15) is 0 Å². The van der Waals surface area contributed by atoms with Gasteiger partial charge in [-0.05, 0) is 26.3 Å². The van der Waals surface area contributed by atoms with Gasteiger partial charge in [-0.1, -0.05) is 13.0 Å². The smallest absolute Gasteiger partial charge is 0.0551 e. The molecule has 1 aliphatic heterocycles. The molecule has 0 aromatic heterocycles. The zero-order valence-corrected chi connectivity index (χ0v) is 8.75. The largest absolute Gasteiger partial charge is 0.378 e. The van der Waals surface area contributed by atoms with Crippen LogP contribution in [-0.2, 0) is 4.74 Å². The SMILES string of the molecule is C=CCC(NCC)C1COC(C)C1. The molecule has 0 amide bonds. The second-order valence-electron chi connectivity index (χ2n) is 3.83. The van der Waals surface area contributed by atoms with Crippen LogP contribution in [0.5, 0.6) is 0 Å². The third-order valence-electron chi connectivity index (χ3n) is 2.69. The number of hydrogen-bond donors (Lipinski definition) is 1. The van der Waals surface area contributed by atoms with E-state index in [2.05, 4.69) is 25.7 Å². The van der Waals surface area contributed by atoms with Gasteiger partial charge in [0.1, 0.15) is 0 Å². The van der Waals surface area contributed by atoms with Crippen LogP contribution in [-0.4, -0.2) is 25.3 Å². The van der Waals surface area contributed by atoms with Gasteiger partial charge < -0.3 is 10.1 Å². The second-order valence-corrected chi connectivity index (χ2v) is 3.83. The van der Waals surface area contributed by atoms with Crippen LogP contribution in [0.3, 0.4) is 0 Å². The average molecular weight is 183 g/mol. The lowest BCUT2D eigenvalue weighted by Gasteiger charge is -2.21. The van der Waals surface area contributed by atoms with Crippen molar-refractivity contribution in [1.82, 2.24) is 5.32 Å². The summed E-state index contributed by atoms with van der Waals surface area (Å²) in [5, 5.41) is 3.49. The quantitative estimate of drug-likeness (QED) is 0.658. The highest BCUT2D eigenvalue weighted by Crippen LogP contribution is 2.23. The fourth-order valence-corrected chi connectivity index (χ4v) is 2.01. The Bertz CT molecular complexity index is 158. The molecule has 1 fully saturated rings. The Hall–Kier alpha value is -0.340. The predicted octanol–water partition coefficient (Wildman–Crippen LogP) is 1.97. The summed E-state index contributed by atoms with van der Waals surface area (Å²) in [5.74, 6) is 0.674. The highest BCUT2D eigenvalue weighted by molar-refractivity contribution is 4.86. The van der Waals surface area contributed by atoms with Gasteiger partial charge in [0.2, 0.25) is 0 Å². The number of nitrogens with one attached hydrogen (secondary N) is 1. The Kier molecular flexibility index (Phi) is 4.46. The summed E-state index contributed by atoms with van der Waals surface area (Å²) in [7, 11) is 0. The van der Waals surface area contributed by atoms with E-state index >= 15 is 0 Å². The molecule has 0 aromatic carbocycles. The van der Waals surface area contributed by atoms with Crippen LogP contribution in [0.15, 0.2) is 12.7 Å². The van der Waals surface area contributed by atoms with E-state index in [4.69, 9.17) is 4.74 Å². The fourth-order valence-electron chi connectivity index (χ4n) is 2.01. The summed E-state index contributed by atoms with van der Waals surface area (Å²) in [6.45, 7) is 10.0. The third-order valence-corrected chi connectivity index (χ3v) is 2.69. The van der Waals surface area contributed by atoms with Crippen LogP contribution in [0.2, 0.25) is 0 Å². The monoisotopic (exact) mass is 183 g/mol. The van der Waals surface area contributed by atoms with Gasteiger partial charge in [0, 0.05) is 12.0 Å². The normalized spacial score (nSPS) is 30.3. The Morgan fingerprint density at radius 3 is 2.92 bits per heavy atom. The first-order chi connectivity index (χ1) is 6.27. The van der Waals surface area contributed by atoms with E-state index in [1.54, 1.807) is 0 Å². The molecule has 13 heavy (non-hydrogen) atoms. The van der Waals surface area contributed by atoms with Gasteiger partial charge >= 0.3 is 0 Å². The molecule has 0 aliphatic carbocycles. The first kappa shape index (κ1) is 10.7. The van der Waals surface area contributed by atoms with Crippen LogP contribution >= 0.6 is 0 Å². The van der Waals surface area contributed by atoms with Crippen molar-refractivity contribution in [3.63, 3.8) is 0 Å². The van der Waals surface area contributed by atoms with Gasteiger partial charge in [0.15, 0.2) is 0 Å². The van der Waals surface area contributed by atoms with E-state index in [0.717, 1.165) is 19.6 Å². The highest BCUT2D eigenvalue weighted by Gasteiger charge is 2.27. The predicted molar refractivity (Wildman–Crippen MR) is 55.8 cm³/mol. The van der Waals surface area contributed by atoms with E-state index < -0.39 is 0 Å². The summed E-state index contributed by atoms with van der Waals surface area (Å²) >= 11 is 0. The third kappa shape index (κ3) is 3.12. The Balaban J connectivity index is 2.39. The first-order valence-electron chi connectivity index (χ1n) is 5.23. The van der Waals surface area contributed by atoms with Crippen molar-refractivity contribution >= 4 is 0 Å². The Morgan fingerprint density at radius 2 is 2.46 bits per heavy atom. The van der Waals surface area contributed by atoms with Crippen LogP contribution in [0.25, 0.3) is 0 Å². The average Bonchev–Trinajstić information content (AvgIpc) is 2.51. The van der Waals surface area contributed by atoms with Crippen LogP contribution in [0.4, 0.5) is 0 Å². The van der Waals surface area contributed by atoms with Crippen molar-refractivity contribution in [2.24, 2.45) is 5.92 Å². The molecular formula is C11H21NO. The summed E-state index contributed by atoms with van der Waals surface area (Å²) < 4.78 is 5.56. The van der Waals surface area contributed by atoms with Crippen LogP contribution in [0.1, 0.15) is 26.7 Å². The van der Waals surface area contributed by atoms with E-state index in [1.165, 1.54) is 6.42 Å². The molecule has 1 aliphatic rings. The number of rotatable bonds is 5. The van der Waals surface area contributed by atoms with Crippen molar-refractivity contribution < 1.29 is 4.74 Å². The van der Waals surface area contributed by atoms with Crippen LogP contribution in [0, 0.1) is 5.92 Å². The second kappa shape index (κ2) is 5.40. The van der Waals surface area contributed by atoms with Crippen molar-refractivity contribution in [2.75, 3.05) is 13.2 Å². The van der Waals surface area contributed by atoms with E-state index in [0.29, 0.717) is 18.1 Å². The van der Waals surface area contributed by atoms with Gasteiger partial charge in [-0.3, -0.25) is 0 Å². The summed E-state index contributed by atoms with van der Waals surface area (Å²) in [6, 6.07) is 0.562. The van der Waals surface area contributed by atoms with E-state index in [-0.39, 0.29) is 0 Å². The molecule has 0 aromatic rings. The lowest BCUT2D eigenvalue weighted by molar-refractivity contribution is 0.117. The topological polar surface area (TPSA) is 21.3 Å². The van der Waals surface area contributed by atoms with Gasteiger partial charge in [-0.25, -0.2) is 0 Å². The highest BCUT2D eigenvalue weighted by atomic mass is 16.5. The van der Waals surface area contributed by atoms with Crippen molar-refractivity contribution in [2.45, 2.75) is 38.8 Å². The molecule has 2 nitrogen and oxygen atoms in total. The molecule has 0 radical (unpaired) electrons. The Labute approximate surface area is 81.4 Å². The molecule has 0 spiro atoms. The summed E-state index contributed by atoms with van der Waals surface area (Å²) in [6.07, 6.45) is 4.67. The van der Waals surface area contributed by atoms with Gasteiger partial charge in [0.05, 0.1) is 12.7 Å². The lowest BCUT2D eigenvalue weighted by Crippen LogP contribution is -2.36. The van der Waals surface area contributed by atoms with E-state index in [1.807, 2.05) is 6.08 Å². The van der Waals surface area contributed by atoms with Gasteiger partial charge in [0.25, 0.3) is 0 Å². The molecule has 0 saturated carbocycles. The standard InChI is InChI=1S/C11H21NO/c1-4-6-11(12-5-2)10-7-9(3)13-8-10/h4,9-12H,1,5-8H2,2-3H3. The molecule has 0 bridgehead atoms. The van der Waals surface area contributed by atoms with E-state index in [9.17, 15) is 0 Å². The Morgan fingerprint density at radius 1 is 1.69 bits per heavy atom. The van der Waals surface area contributed by atoms with Crippen LogP contribution < -0.4 is 5.32 Å². The van der Waals surface area contributed by atoms with Crippen molar-refractivity contribution in [3.05, 3.63) is 12.7 Å². The minimum Gasteiger partial charge on any atom is -0.378 e. The number of hydrogen-bond acceptors (Lipinski definition) is 2. The minimum atomic E-state index is 0.441. The summed E-state index contributed by atoms with van der Waals surface area (Å²) in [5.41, 5.74) is 0. The van der Waals surface area contributed by atoms with Gasteiger partial charge in [-0.15, -0.1) is 6.58 Å². The molecule has 2 heteroatoms. The fraction of sp³-hybridized carbons (Fsp3) is 0.818. The molecule has 76 valence electrons. The molecule has 1 saturated heterocycles. The number of ether oxygens (including phenoxy) is 1. The molecule has 3 unspecified atom stereocenters. The van der Waals surface area contributed by atoms with Crippen molar-refractivity contribution in [3.8, 4) is 0 Å². The maximum atomic E-state index is 5.56. The zero-order chi connectivity index (χ0) is 9.68.